The minimum atomic E-state index is -0.868. The number of hydrogen-bond acceptors (Lipinski definition) is 6. The number of carbonyl (C=O) groups excluding carboxylic acids is 2. The molecule has 1 heterocycles. The van der Waals surface area contributed by atoms with Gasteiger partial charge in [0, 0.05) is 6.20 Å². The lowest BCUT2D eigenvalue weighted by Crippen LogP contribution is -2.38. The number of para-hydroxylation sites is 1. The van der Waals surface area contributed by atoms with Crippen molar-refractivity contribution < 1.29 is 14.3 Å². The molecule has 134 valence electrons. The number of carbonyl (C=O) groups is 2. The van der Waals surface area contributed by atoms with Crippen molar-refractivity contribution in [3.63, 3.8) is 0 Å². The Morgan fingerprint density at radius 2 is 1.88 bits per heavy atom. The van der Waals surface area contributed by atoms with E-state index in [9.17, 15) is 9.59 Å². The number of amidine groups is 1. The van der Waals surface area contributed by atoms with Crippen LogP contribution in [0.25, 0.3) is 0 Å². The molecule has 0 saturated carbocycles. The molecule has 0 spiro atoms. The summed E-state index contributed by atoms with van der Waals surface area (Å²) in [6, 6.07) is 9.40. The first-order chi connectivity index (χ1) is 12.1. The first kappa shape index (κ1) is 18.7. The molecule has 25 heavy (non-hydrogen) atoms. The van der Waals surface area contributed by atoms with Crippen LogP contribution in [0.1, 0.15) is 39.0 Å². The number of ether oxygens (including phenoxy) is 1. The van der Waals surface area contributed by atoms with Gasteiger partial charge in [0.1, 0.15) is 11.8 Å². The van der Waals surface area contributed by atoms with Crippen LogP contribution in [0.5, 0.6) is 0 Å². The quantitative estimate of drug-likeness (QED) is 0.423. The van der Waals surface area contributed by atoms with Crippen LogP contribution in [0, 0.1) is 5.92 Å². The highest BCUT2D eigenvalue weighted by molar-refractivity contribution is 6.39. The molecule has 2 rings (SSSR count). The van der Waals surface area contributed by atoms with E-state index in [2.05, 4.69) is 12.0 Å². The molecule has 0 aliphatic carbocycles. The number of esters is 1. The Labute approximate surface area is 148 Å². The number of hydrogen-bond donors (Lipinski definition) is 1. The van der Waals surface area contributed by atoms with E-state index in [1.54, 1.807) is 17.3 Å². The maximum atomic E-state index is 12.2. The Morgan fingerprint density at radius 3 is 2.56 bits per heavy atom. The van der Waals surface area contributed by atoms with E-state index in [-0.39, 0.29) is 12.4 Å². The number of Topliss-reactive ketones (excluding diaryl/α,β-unsaturated/α-hetero) is 1. The molecule has 0 saturated heterocycles. The molecular formula is C19H25N3O3. The number of hydrazone groups is 1. The summed E-state index contributed by atoms with van der Waals surface area (Å²) in [6.07, 6.45) is 8.41. The zero-order valence-corrected chi connectivity index (χ0v) is 14.6. The lowest BCUT2D eigenvalue weighted by atomic mass is 10.0. The van der Waals surface area contributed by atoms with Gasteiger partial charge < -0.3 is 10.5 Å². The summed E-state index contributed by atoms with van der Waals surface area (Å²) < 4.78 is 5.05. The number of anilines is 1. The molecule has 6 heteroatoms. The first-order valence-electron chi connectivity index (χ1n) is 8.71. The van der Waals surface area contributed by atoms with Gasteiger partial charge in [-0.05, 0) is 24.6 Å². The van der Waals surface area contributed by atoms with Gasteiger partial charge in [-0.15, -0.1) is 0 Å². The molecule has 1 atom stereocenters. The van der Waals surface area contributed by atoms with Crippen molar-refractivity contribution in [2.75, 3.05) is 11.6 Å². The average Bonchev–Trinajstić information content (AvgIpc) is 2.64. The van der Waals surface area contributed by atoms with Gasteiger partial charge in [-0.25, -0.2) is 9.80 Å². The maximum Gasteiger partial charge on any atom is 0.375 e. The smallest absolute Gasteiger partial charge is 0.375 e. The highest BCUT2D eigenvalue weighted by atomic mass is 16.5. The van der Waals surface area contributed by atoms with Gasteiger partial charge in [-0.1, -0.05) is 50.8 Å². The van der Waals surface area contributed by atoms with E-state index >= 15 is 0 Å². The summed E-state index contributed by atoms with van der Waals surface area (Å²) in [7, 11) is 0. The largest absolute Gasteiger partial charge is 0.460 e. The van der Waals surface area contributed by atoms with E-state index in [1.165, 1.54) is 6.42 Å². The van der Waals surface area contributed by atoms with Crippen molar-refractivity contribution in [1.82, 2.24) is 0 Å². The van der Waals surface area contributed by atoms with E-state index in [1.807, 2.05) is 30.3 Å². The fourth-order valence-corrected chi connectivity index (χ4v) is 2.50. The topological polar surface area (TPSA) is 85.0 Å². The zero-order chi connectivity index (χ0) is 18.1. The van der Waals surface area contributed by atoms with Crippen LogP contribution in [0.2, 0.25) is 0 Å². The zero-order valence-electron chi connectivity index (χ0n) is 14.6. The molecule has 1 aromatic carbocycles. The van der Waals surface area contributed by atoms with Crippen LogP contribution in [-0.2, 0) is 14.3 Å². The number of ketones is 1. The lowest BCUT2D eigenvalue weighted by molar-refractivity contribution is -0.154. The second-order valence-electron chi connectivity index (χ2n) is 5.94. The summed E-state index contributed by atoms with van der Waals surface area (Å²) >= 11 is 0. The van der Waals surface area contributed by atoms with Gasteiger partial charge in [0.25, 0.3) is 5.78 Å². The summed E-state index contributed by atoms with van der Waals surface area (Å²) in [5.41, 5.74) is 6.71. The van der Waals surface area contributed by atoms with Gasteiger partial charge in [0.05, 0.1) is 12.3 Å². The van der Waals surface area contributed by atoms with Crippen LogP contribution in [0.3, 0.4) is 0 Å². The SMILES string of the molecule is CCCCCCCOC(=O)C(=O)C1C=CN(c2ccccc2)N=C1N. The molecule has 6 nitrogen and oxygen atoms in total. The molecule has 0 radical (unpaired) electrons. The Bertz CT molecular complexity index is 641. The Hall–Kier alpha value is -2.63. The normalized spacial score (nSPS) is 16.4. The molecule has 0 aromatic heterocycles. The minimum absolute atomic E-state index is 0.0799. The van der Waals surface area contributed by atoms with E-state index in [4.69, 9.17) is 10.5 Å². The lowest BCUT2D eigenvalue weighted by Gasteiger charge is -2.22. The van der Waals surface area contributed by atoms with Crippen LogP contribution >= 0.6 is 0 Å². The van der Waals surface area contributed by atoms with E-state index < -0.39 is 17.7 Å². The average molecular weight is 343 g/mol. The van der Waals surface area contributed by atoms with Gasteiger partial charge >= 0.3 is 5.97 Å². The molecule has 0 bridgehead atoms. The highest BCUT2D eigenvalue weighted by Gasteiger charge is 2.30. The van der Waals surface area contributed by atoms with Gasteiger partial charge in [-0.2, -0.15) is 5.10 Å². The van der Waals surface area contributed by atoms with Gasteiger partial charge in [0.15, 0.2) is 0 Å². The first-order valence-corrected chi connectivity index (χ1v) is 8.71. The maximum absolute atomic E-state index is 12.2. The summed E-state index contributed by atoms with van der Waals surface area (Å²) in [4.78, 5) is 24.1. The second-order valence-corrected chi connectivity index (χ2v) is 5.94. The second kappa shape index (κ2) is 9.61. The van der Waals surface area contributed by atoms with Crippen molar-refractivity contribution >= 4 is 23.3 Å². The number of unbranched alkanes of at least 4 members (excludes halogenated alkanes) is 4. The predicted octanol–water partition coefficient (Wildman–Crippen LogP) is 2.99. The Morgan fingerprint density at radius 1 is 1.16 bits per heavy atom. The van der Waals surface area contributed by atoms with Crippen LogP contribution in [0.4, 0.5) is 5.69 Å². The highest BCUT2D eigenvalue weighted by Crippen LogP contribution is 2.19. The van der Waals surface area contributed by atoms with Crippen LogP contribution in [0.15, 0.2) is 47.7 Å². The van der Waals surface area contributed by atoms with Crippen molar-refractivity contribution in [2.24, 2.45) is 16.8 Å². The third-order valence-electron chi connectivity index (χ3n) is 3.95. The fourth-order valence-electron chi connectivity index (χ4n) is 2.50. The standard InChI is InChI=1S/C19H25N3O3/c1-2-3-4-5-9-14-25-19(24)17(23)16-12-13-22(21-18(16)20)15-10-7-6-8-11-15/h6-8,10-13,16H,2-5,9,14H2,1H3,(H2,20,21). The number of benzene rings is 1. The monoisotopic (exact) mass is 343 g/mol. The third kappa shape index (κ3) is 5.45. The molecule has 1 unspecified atom stereocenters. The summed E-state index contributed by atoms with van der Waals surface area (Å²) in [6.45, 7) is 2.40. The van der Waals surface area contributed by atoms with Gasteiger partial charge in [0.2, 0.25) is 0 Å². The molecule has 1 aromatic rings. The minimum Gasteiger partial charge on any atom is -0.460 e. The molecule has 1 aliphatic rings. The number of nitrogens with two attached hydrogens (primary N) is 1. The molecule has 1 aliphatic heterocycles. The van der Waals surface area contributed by atoms with Crippen molar-refractivity contribution in [3.05, 3.63) is 42.6 Å². The predicted molar refractivity (Wildman–Crippen MR) is 97.9 cm³/mol. The molecule has 2 N–H and O–H groups in total. The van der Waals surface area contributed by atoms with Crippen molar-refractivity contribution in [2.45, 2.75) is 39.0 Å². The molecule has 0 amide bonds. The summed E-state index contributed by atoms with van der Waals surface area (Å²) in [5.74, 6) is -2.32. The number of rotatable bonds is 9. The van der Waals surface area contributed by atoms with Crippen molar-refractivity contribution in [1.29, 1.82) is 0 Å². The van der Waals surface area contributed by atoms with Gasteiger partial charge in [-0.3, -0.25) is 4.79 Å². The Balaban J connectivity index is 1.84. The van der Waals surface area contributed by atoms with Crippen LogP contribution < -0.4 is 10.7 Å². The van der Waals surface area contributed by atoms with E-state index in [0.29, 0.717) is 0 Å². The van der Waals surface area contributed by atoms with Crippen molar-refractivity contribution in [3.8, 4) is 0 Å². The molecule has 0 fully saturated rings. The van der Waals surface area contributed by atoms with Crippen LogP contribution in [-0.4, -0.2) is 24.2 Å². The Kier molecular flexibility index (Phi) is 7.19. The summed E-state index contributed by atoms with van der Waals surface area (Å²) in [5, 5.41) is 5.75. The molecular weight excluding hydrogens is 318 g/mol. The number of nitrogens with zero attached hydrogens (tertiary/aromatic N) is 2. The fraction of sp³-hybridized carbons (Fsp3) is 0.421. The van der Waals surface area contributed by atoms with E-state index in [0.717, 1.165) is 31.4 Å². The third-order valence-corrected chi connectivity index (χ3v) is 3.95.